The van der Waals surface area contributed by atoms with E-state index in [-0.39, 0.29) is 12.5 Å². The molecule has 0 aromatic heterocycles. The average Bonchev–Trinajstić information content (AvgIpc) is 2.28. The normalized spacial score (nSPS) is 12.6. The molecule has 0 aliphatic heterocycles. The van der Waals surface area contributed by atoms with Crippen LogP contribution in [0.1, 0.15) is 20.3 Å². The fourth-order valence-corrected chi connectivity index (χ4v) is 1.34. The molecule has 7 heteroatoms. The number of carbonyl (C=O) groups excluding carboxylic acids is 1. The number of nitrogens with one attached hydrogen (secondary N) is 2. The summed E-state index contributed by atoms with van der Waals surface area (Å²) in [7, 11) is 2.90. The number of carboxylic acids is 1. The second-order valence-electron chi connectivity index (χ2n) is 4.28. The van der Waals surface area contributed by atoms with Gasteiger partial charge in [-0.2, -0.15) is 0 Å². The van der Waals surface area contributed by atoms with Crippen LogP contribution in [0.25, 0.3) is 0 Å². The van der Waals surface area contributed by atoms with Gasteiger partial charge in [-0.1, -0.05) is 13.8 Å². The number of rotatable bonds is 8. The standard InChI is InChI=1S/C11H22N2O5/c1-7(2)5-8(10(14)15)13-11(16)12-6-9(17-3)18-4/h7-9H,5-6H2,1-4H3,(H,14,15)(H2,12,13,16)/t8-/m0/s1. The van der Waals surface area contributed by atoms with E-state index in [4.69, 9.17) is 14.6 Å². The molecule has 1 atom stereocenters. The van der Waals surface area contributed by atoms with Crippen molar-refractivity contribution in [1.29, 1.82) is 0 Å². The van der Waals surface area contributed by atoms with E-state index in [0.29, 0.717) is 6.42 Å². The van der Waals surface area contributed by atoms with E-state index in [0.717, 1.165) is 0 Å². The smallest absolute Gasteiger partial charge is 0.326 e. The van der Waals surface area contributed by atoms with Crippen LogP contribution in [0.3, 0.4) is 0 Å². The zero-order valence-corrected chi connectivity index (χ0v) is 11.2. The number of ether oxygens (including phenoxy) is 2. The zero-order valence-electron chi connectivity index (χ0n) is 11.2. The molecule has 3 N–H and O–H groups in total. The third kappa shape index (κ3) is 7.08. The summed E-state index contributed by atoms with van der Waals surface area (Å²) < 4.78 is 9.77. The highest BCUT2D eigenvalue weighted by Gasteiger charge is 2.21. The Morgan fingerprint density at radius 3 is 2.17 bits per heavy atom. The summed E-state index contributed by atoms with van der Waals surface area (Å²) in [5.41, 5.74) is 0. The van der Waals surface area contributed by atoms with Gasteiger partial charge >= 0.3 is 12.0 Å². The lowest BCUT2D eigenvalue weighted by atomic mass is 10.0. The minimum atomic E-state index is -1.05. The van der Waals surface area contributed by atoms with E-state index in [1.807, 2.05) is 13.8 Å². The van der Waals surface area contributed by atoms with Gasteiger partial charge in [-0.05, 0) is 12.3 Å². The van der Waals surface area contributed by atoms with Crippen LogP contribution in [0, 0.1) is 5.92 Å². The van der Waals surface area contributed by atoms with E-state index < -0.39 is 24.3 Å². The molecule has 18 heavy (non-hydrogen) atoms. The number of aliphatic carboxylic acids is 1. The fraction of sp³-hybridized carbons (Fsp3) is 0.818. The van der Waals surface area contributed by atoms with Gasteiger partial charge in [-0.25, -0.2) is 9.59 Å². The van der Waals surface area contributed by atoms with Crippen LogP contribution in [0.2, 0.25) is 0 Å². The second-order valence-corrected chi connectivity index (χ2v) is 4.28. The van der Waals surface area contributed by atoms with Gasteiger partial charge in [0.2, 0.25) is 0 Å². The predicted octanol–water partition coefficient (Wildman–Crippen LogP) is 0.404. The molecule has 0 aliphatic carbocycles. The van der Waals surface area contributed by atoms with Gasteiger partial charge in [0.15, 0.2) is 6.29 Å². The van der Waals surface area contributed by atoms with Crippen LogP contribution in [-0.4, -0.2) is 50.2 Å². The SMILES string of the molecule is COC(CNC(=O)N[C@@H](CC(C)C)C(=O)O)OC. The number of carboxylic acid groups (broad SMARTS) is 1. The molecule has 0 saturated carbocycles. The minimum absolute atomic E-state index is 0.146. The van der Waals surface area contributed by atoms with Gasteiger partial charge in [0.25, 0.3) is 0 Å². The quantitative estimate of drug-likeness (QED) is 0.550. The number of carbonyl (C=O) groups is 2. The number of hydrogen-bond acceptors (Lipinski definition) is 4. The molecular formula is C11H22N2O5. The van der Waals surface area contributed by atoms with Gasteiger partial charge in [0.05, 0.1) is 6.54 Å². The molecule has 106 valence electrons. The first kappa shape index (κ1) is 16.7. The summed E-state index contributed by atoms with van der Waals surface area (Å²) in [6.07, 6.45) is -0.176. The monoisotopic (exact) mass is 262 g/mol. The van der Waals surface area contributed by atoms with Crippen molar-refractivity contribution in [2.45, 2.75) is 32.6 Å². The molecule has 7 nitrogen and oxygen atoms in total. The zero-order chi connectivity index (χ0) is 14.1. The van der Waals surface area contributed by atoms with Crippen molar-refractivity contribution in [3.05, 3.63) is 0 Å². The van der Waals surface area contributed by atoms with Gasteiger partial charge < -0.3 is 25.2 Å². The van der Waals surface area contributed by atoms with Crippen molar-refractivity contribution in [3.63, 3.8) is 0 Å². The van der Waals surface area contributed by atoms with Crippen LogP contribution < -0.4 is 10.6 Å². The summed E-state index contributed by atoms with van der Waals surface area (Å²) in [6, 6.07) is -1.45. The Bertz CT molecular complexity index is 266. The first-order valence-corrected chi connectivity index (χ1v) is 5.73. The first-order chi connectivity index (χ1) is 8.40. The van der Waals surface area contributed by atoms with E-state index in [2.05, 4.69) is 10.6 Å². The summed E-state index contributed by atoms with van der Waals surface area (Å²) in [6.45, 7) is 3.93. The van der Waals surface area contributed by atoms with Crippen molar-refractivity contribution in [2.24, 2.45) is 5.92 Å². The Morgan fingerprint density at radius 1 is 1.22 bits per heavy atom. The Morgan fingerprint density at radius 2 is 1.78 bits per heavy atom. The van der Waals surface area contributed by atoms with Crippen LogP contribution in [0.5, 0.6) is 0 Å². The first-order valence-electron chi connectivity index (χ1n) is 5.73. The van der Waals surface area contributed by atoms with Crippen molar-refractivity contribution in [2.75, 3.05) is 20.8 Å². The maximum atomic E-state index is 11.5. The minimum Gasteiger partial charge on any atom is -0.480 e. The third-order valence-electron chi connectivity index (χ3n) is 2.27. The molecule has 0 aliphatic rings. The van der Waals surface area contributed by atoms with Gasteiger partial charge in [0.1, 0.15) is 6.04 Å². The predicted molar refractivity (Wildman–Crippen MR) is 65.2 cm³/mol. The molecule has 2 amide bonds. The third-order valence-corrected chi connectivity index (χ3v) is 2.27. The molecular weight excluding hydrogens is 240 g/mol. The Labute approximate surface area is 107 Å². The maximum Gasteiger partial charge on any atom is 0.326 e. The lowest BCUT2D eigenvalue weighted by Gasteiger charge is -2.18. The molecule has 0 aromatic rings. The molecule has 0 saturated heterocycles. The number of methoxy groups -OCH3 is 2. The van der Waals surface area contributed by atoms with E-state index in [1.54, 1.807) is 0 Å². The second kappa shape index (κ2) is 8.71. The molecule has 0 heterocycles. The molecule has 0 unspecified atom stereocenters. The van der Waals surface area contributed by atoms with Crippen LogP contribution in [0.15, 0.2) is 0 Å². The van der Waals surface area contributed by atoms with E-state index in [1.165, 1.54) is 14.2 Å². The highest BCUT2D eigenvalue weighted by Crippen LogP contribution is 2.04. The molecule has 0 spiro atoms. The lowest BCUT2D eigenvalue weighted by molar-refractivity contribution is -0.139. The Hall–Kier alpha value is -1.34. The van der Waals surface area contributed by atoms with Crippen LogP contribution >= 0.6 is 0 Å². The van der Waals surface area contributed by atoms with Gasteiger partial charge in [0, 0.05) is 14.2 Å². The number of urea groups is 1. The highest BCUT2D eigenvalue weighted by molar-refractivity contribution is 5.82. The van der Waals surface area contributed by atoms with Gasteiger partial charge in [-0.15, -0.1) is 0 Å². The maximum absolute atomic E-state index is 11.5. The summed E-state index contributed by atoms with van der Waals surface area (Å²) in [5, 5.41) is 13.8. The average molecular weight is 262 g/mol. The highest BCUT2D eigenvalue weighted by atomic mass is 16.7. The molecule has 0 rings (SSSR count). The number of hydrogen-bond donors (Lipinski definition) is 3. The van der Waals surface area contributed by atoms with E-state index in [9.17, 15) is 9.59 Å². The van der Waals surface area contributed by atoms with Crippen LogP contribution in [0.4, 0.5) is 4.79 Å². The fourth-order valence-electron chi connectivity index (χ4n) is 1.34. The molecule has 0 aromatic carbocycles. The van der Waals surface area contributed by atoms with Crippen molar-refractivity contribution < 1.29 is 24.2 Å². The lowest BCUT2D eigenvalue weighted by Crippen LogP contribution is -2.48. The topological polar surface area (TPSA) is 96.9 Å². The number of amides is 2. The van der Waals surface area contributed by atoms with Gasteiger partial charge in [-0.3, -0.25) is 0 Å². The Kier molecular flexibility index (Phi) is 8.06. The summed E-state index contributed by atoms with van der Waals surface area (Å²) >= 11 is 0. The van der Waals surface area contributed by atoms with Crippen LogP contribution in [-0.2, 0) is 14.3 Å². The Balaban J connectivity index is 4.13. The molecule has 0 bridgehead atoms. The summed E-state index contributed by atoms with van der Waals surface area (Å²) in [5.74, 6) is -0.869. The van der Waals surface area contributed by atoms with Crippen molar-refractivity contribution in [1.82, 2.24) is 10.6 Å². The molecule has 0 fully saturated rings. The molecule has 0 radical (unpaired) electrons. The van der Waals surface area contributed by atoms with Crippen molar-refractivity contribution >= 4 is 12.0 Å². The largest absolute Gasteiger partial charge is 0.480 e. The van der Waals surface area contributed by atoms with Crippen molar-refractivity contribution in [3.8, 4) is 0 Å². The summed E-state index contributed by atoms with van der Waals surface area (Å²) in [4.78, 5) is 22.4. The van der Waals surface area contributed by atoms with E-state index >= 15 is 0 Å².